The zero-order valence-corrected chi connectivity index (χ0v) is 40.3. The molecular formula is C59H60BN3S. The third-order valence-corrected chi connectivity index (χ3v) is 18.7. The van der Waals surface area contributed by atoms with Crippen molar-refractivity contribution in [2.24, 2.45) is 0 Å². The molecule has 0 N–H and O–H groups in total. The van der Waals surface area contributed by atoms with Gasteiger partial charge in [0.1, 0.15) is 4.83 Å². The number of thiophene rings is 1. The molecule has 8 aromatic rings. The van der Waals surface area contributed by atoms with Crippen molar-refractivity contribution in [2.75, 3.05) is 9.80 Å². The van der Waals surface area contributed by atoms with Gasteiger partial charge in [-0.15, -0.1) is 11.3 Å². The lowest BCUT2D eigenvalue weighted by Gasteiger charge is -2.50. The maximum absolute atomic E-state index is 2.80. The number of para-hydroxylation sites is 1. The number of nitrogens with zero attached hydrogens (tertiary/aromatic N) is 3. The fourth-order valence-corrected chi connectivity index (χ4v) is 15.0. The van der Waals surface area contributed by atoms with Gasteiger partial charge in [0.25, 0.3) is 6.71 Å². The lowest BCUT2D eigenvalue weighted by Crippen LogP contribution is -2.60. The Balaban J connectivity index is 1.11. The van der Waals surface area contributed by atoms with Crippen LogP contribution < -0.4 is 26.2 Å². The van der Waals surface area contributed by atoms with Crippen LogP contribution in [0.4, 0.5) is 28.4 Å². The maximum atomic E-state index is 2.80. The zero-order chi connectivity index (χ0) is 44.0. The first-order valence-electron chi connectivity index (χ1n) is 24.1. The molecule has 1 saturated carbocycles. The molecule has 2 atom stereocenters. The summed E-state index contributed by atoms with van der Waals surface area (Å²) in [5.41, 5.74) is 21.1. The number of aromatic nitrogens is 1. The summed E-state index contributed by atoms with van der Waals surface area (Å²) in [5.74, 6) is 0. The Morgan fingerprint density at radius 1 is 0.594 bits per heavy atom. The summed E-state index contributed by atoms with van der Waals surface area (Å²) < 4.78 is 4.01. The highest BCUT2D eigenvalue weighted by Crippen LogP contribution is 2.62. The van der Waals surface area contributed by atoms with Gasteiger partial charge in [0.05, 0.1) is 11.1 Å². The average molecular weight is 854 g/mol. The molecule has 2 aromatic heterocycles. The number of aryl methyl sites for hydroxylation is 1. The van der Waals surface area contributed by atoms with Gasteiger partial charge in [0, 0.05) is 60.4 Å². The SMILES string of the molecule is Cc1cc2c3c(c1)-n1c4sc5ccccc5c4c4cccc(c41)B3c1ccc(N3c4ccc(C(C)(C)C)cc4C4(C)CCCCC34C)cc1N2c1ccc2c(c1)C(C)(C)CCC2(C)C. The Bertz CT molecular complexity index is 3360. The van der Waals surface area contributed by atoms with Crippen molar-refractivity contribution >= 4 is 94.1 Å². The molecular weight excluding hydrogens is 794 g/mol. The van der Waals surface area contributed by atoms with Crippen molar-refractivity contribution in [3.05, 3.63) is 137 Å². The van der Waals surface area contributed by atoms with E-state index in [9.17, 15) is 0 Å². The Kier molecular flexibility index (Phi) is 7.67. The van der Waals surface area contributed by atoms with Crippen molar-refractivity contribution in [3.63, 3.8) is 0 Å². The van der Waals surface area contributed by atoms with Gasteiger partial charge in [-0.25, -0.2) is 0 Å². The fraction of sp³-hybridized carbons (Fsp3) is 0.356. The number of anilines is 5. The van der Waals surface area contributed by atoms with E-state index in [0.29, 0.717) is 0 Å². The summed E-state index contributed by atoms with van der Waals surface area (Å²) in [6.45, 7) is 24.5. The van der Waals surface area contributed by atoms with Gasteiger partial charge < -0.3 is 14.4 Å². The van der Waals surface area contributed by atoms with Crippen LogP contribution >= 0.6 is 11.3 Å². The molecule has 0 saturated heterocycles. The normalized spacial score (nSPS) is 22.4. The highest BCUT2D eigenvalue weighted by Gasteiger charge is 2.58. The highest BCUT2D eigenvalue weighted by molar-refractivity contribution is 7.26. The maximum Gasteiger partial charge on any atom is 0.252 e. The van der Waals surface area contributed by atoms with Crippen molar-refractivity contribution < 1.29 is 0 Å². The molecule has 0 spiro atoms. The predicted molar refractivity (Wildman–Crippen MR) is 277 cm³/mol. The van der Waals surface area contributed by atoms with E-state index in [1.54, 1.807) is 0 Å². The molecule has 13 rings (SSSR count). The molecule has 320 valence electrons. The molecule has 0 radical (unpaired) electrons. The van der Waals surface area contributed by atoms with E-state index in [-0.39, 0.29) is 33.9 Å². The van der Waals surface area contributed by atoms with Gasteiger partial charge >= 0.3 is 0 Å². The summed E-state index contributed by atoms with van der Waals surface area (Å²) in [5, 5.41) is 4.12. The summed E-state index contributed by atoms with van der Waals surface area (Å²) >= 11 is 1.95. The van der Waals surface area contributed by atoms with Crippen LogP contribution in [0.1, 0.15) is 129 Å². The van der Waals surface area contributed by atoms with Gasteiger partial charge in [-0.05, 0) is 149 Å². The van der Waals surface area contributed by atoms with Crippen LogP contribution in [0, 0.1) is 6.92 Å². The van der Waals surface area contributed by atoms with E-state index < -0.39 is 0 Å². The van der Waals surface area contributed by atoms with Gasteiger partial charge in [0.15, 0.2) is 0 Å². The van der Waals surface area contributed by atoms with Crippen molar-refractivity contribution in [1.29, 1.82) is 0 Å². The van der Waals surface area contributed by atoms with E-state index >= 15 is 0 Å². The topological polar surface area (TPSA) is 11.4 Å². The molecule has 2 unspecified atom stereocenters. The zero-order valence-electron chi connectivity index (χ0n) is 39.5. The van der Waals surface area contributed by atoms with E-state index in [0.717, 1.165) is 0 Å². The largest absolute Gasteiger partial charge is 0.334 e. The molecule has 64 heavy (non-hydrogen) atoms. The van der Waals surface area contributed by atoms with Crippen LogP contribution in [0.25, 0.3) is 36.9 Å². The third-order valence-electron chi connectivity index (χ3n) is 17.6. The summed E-state index contributed by atoms with van der Waals surface area (Å²) in [7, 11) is 0. The summed E-state index contributed by atoms with van der Waals surface area (Å²) in [4.78, 5) is 6.85. The van der Waals surface area contributed by atoms with E-state index in [2.05, 4.69) is 193 Å². The minimum Gasteiger partial charge on any atom is -0.334 e. The smallest absolute Gasteiger partial charge is 0.252 e. The monoisotopic (exact) mass is 853 g/mol. The molecule has 0 amide bonds. The minimum atomic E-state index is -0.0489. The number of hydrogen-bond donors (Lipinski definition) is 0. The first kappa shape index (κ1) is 39.1. The quantitative estimate of drug-likeness (QED) is 0.161. The van der Waals surface area contributed by atoms with Crippen LogP contribution in [-0.4, -0.2) is 16.8 Å². The second-order valence-corrected chi connectivity index (χ2v) is 24.2. The molecule has 5 heteroatoms. The van der Waals surface area contributed by atoms with E-state index in [1.165, 1.54) is 148 Å². The molecule has 2 aliphatic carbocycles. The van der Waals surface area contributed by atoms with Crippen molar-refractivity contribution in [3.8, 4) is 5.69 Å². The standard InChI is InChI=1S/C59H60BN3S/c1-35-30-48-52-49(31-35)62-53-40(51-39-16-11-12-19-50(39)64-54(51)62)17-15-18-45(53)60(52)44-24-22-38(34-47(44)61(48)37-21-23-41-42(33-37)57(7,8)29-28-56(41,5)6)63-46-25-20-36(55(2,3)4)32-43(46)58(9)26-13-14-27-59(58,63)10/h11-12,15-25,30-34H,13-14,26-29H2,1-10H3. The lowest BCUT2D eigenvalue weighted by molar-refractivity contribution is 0.195. The van der Waals surface area contributed by atoms with Crippen LogP contribution in [0.2, 0.25) is 0 Å². The minimum absolute atomic E-state index is 0.0489. The Morgan fingerprint density at radius 2 is 1.33 bits per heavy atom. The Hall–Kier alpha value is -5.26. The van der Waals surface area contributed by atoms with Crippen LogP contribution in [0.15, 0.2) is 109 Å². The molecule has 3 aliphatic heterocycles. The predicted octanol–water partition coefficient (Wildman–Crippen LogP) is 14.3. The van der Waals surface area contributed by atoms with Gasteiger partial charge in [-0.3, -0.25) is 0 Å². The van der Waals surface area contributed by atoms with Gasteiger partial charge in [-0.1, -0.05) is 129 Å². The molecule has 5 heterocycles. The summed E-state index contributed by atoms with van der Waals surface area (Å²) in [6, 6.07) is 43.9. The molecule has 3 nitrogen and oxygen atoms in total. The molecule has 1 fully saturated rings. The van der Waals surface area contributed by atoms with Crippen molar-refractivity contribution in [2.45, 2.75) is 135 Å². The van der Waals surface area contributed by atoms with E-state index in [4.69, 9.17) is 0 Å². The molecule has 5 aliphatic rings. The fourth-order valence-electron chi connectivity index (χ4n) is 13.8. The molecule has 0 bridgehead atoms. The second kappa shape index (κ2) is 12.5. The number of benzene rings is 6. The van der Waals surface area contributed by atoms with Gasteiger partial charge in [-0.2, -0.15) is 0 Å². The summed E-state index contributed by atoms with van der Waals surface area (Å²) in [6.07, 6.45) is 7.33. The van der Waals surface area contributed by atoms with Crippen molar-refractivity contribution in [1.82, 2.24) is 4.57 Å². The average Bonchev–Trinajstić information content (AvgIpc) is 3.87. The van der Waals surface area contributed by atoms with Crippen LogP contribution in [-0.2, 0) is 21.7 Å². The first-order chi connectivity index (χ1) is 30.5. The molecule has 6 aromatic carbocycles. The van der Waals surface area contributed by atoms with E-state index in [1.807, 2.05) is 11.3 Å². The van der Waals surface area contributed by atoms with Crippen LogP contribution in [0.5, 0.6) is 0 Å². The third kappa shape index (κ3) is 4.90. The second-order valence-electron chi connectivity index (χ2n) is 23.2. The number of fused-ring (bicyclic) bond motifs is 13. The van der Waals surface area contributed by atoms with Gasteiger partial charge in [0.2, 0.25) is 0 Å². The highest BCUT2D eigenvalue weighted by atomic mass is 32.1. The Labute approximate surface area is 384 Å². The Morgan fingerprint density at radius 3 is 2.14 bits per heavy atom. The van der Waals surface area contributed by atoms with Crippen LogP contribution in [0.3, 0.4) is 0 Å². The number of hydrogen-bond acceptors (Lipinski definition) is 3. The number of rotatable bonds is 2. The lowest BCUT2D eigenvalue weighted by atomic mass is 9.33. The first-order valence-corrected chi connectivity index (χ1v) is 25.0.